The molecule has 0 aliphatic heterocycles. The smallest absolute Gasteiger partial charge is 0.265 e. The molecule has 1 aromatic carbocycles. The normalized spacial score (nSPS) is 14.4. The predicted octanol–water partition coefficient (Wildman–Crippen LogP) is 4.60. The van der Waals surface area contributed by atoms with E-state index in [0.717, 1.165) is 36.2 Å². The van der Waals surface area contributed by atoms with Crippen LogP contribution in [0.3, 0.4) is 0 Å². The Morgan fingerprint density at radius 1 is 1.25 bits per heavy atom. The van der Waals surface area contributed by atoms with Crippen molar-refractivity contribution in [1.29, 1.82) is 0 Å². The highest BCUT2D eigenvalue weighted by Crippen LogP contribution is 2.34. The second kappa shape index (κ2) is 8.78. The molecule has 0 bridgehead atoms. The van der Waals surface area contributed by atoms with Crippen molar-refractivity contribution in [3.8, 4) is 0 Å². The summed E-state index contributed by atoms with van der Waals surface area (Å²) in [4.78, 5) is 30.0. The third kappa shape index (κ3) is 4.73. The number of benzene rings is 1. The van der Waals surface area contributed by atoms with Gasteiger partial charge in [0.05, 0.1) is 4.88 Å². The molecule has 2 amide bonds. The highest BCUT2D eigenvalue weighted by molar-refractivity contribution is 7.12. The average molecular weight is 400 g/mol. The van der Waals surface area contributed by atoms with Crippen LogP contribution in [-0.4, -0.2) is 36.9 Å². The Morgan fingerprint density at radius 2 is 2.00 bits per heavy atom. The van der Waals surface area contributed by atoms with E-state index >= 15 is 0 Å². The molecular weight excluding hydrogens is 370 g/mol. The molecule has 1 N–H and O–H groups in total. The SMILES string of the molecule is CCC(C)N(Cc1cc(NC(=O)c2cccs2)ccc1N(C)C)C(=O)C1CC1. The first-order valence-corrected chi connectivity index (χ1v) is 10.7. The van der Waals surface area contributed by atoms with Gasteiger partial charge < -0.3 is 15.1 Å². The number of nitrogens with one attached hydrogen (secondary N) is 1. The zero-order valence-corrected chi connectivity index (χ0v) is 17.9. The van der Waals surface area contributed by atoms with Gasteiger partial charge in [-0.15, -0.1) is 11.3 Å². The Hall–Kier alpha value is -2.34. The van der Waals surface area contributed by atoms with Crippen LogP contribution in [0.5, 0.6) is 0 Å². The molecule has 6 heteroatoms. The molecule has 1 aromatic heterocycles. The summed E-state index contributed by atoms with van der Waals surface area (Å²) in [6, 6.07) is 9.79. The molecule has 28 heavy (non-hydrogen) atoms. The Balaban J connectivity index is 1.86. The van der Waals surface area contributed by atoms with Gasteiger partial charge in [-0.1, -0.05) is 13.0 Å². The summed E-state index contributed by atoms with van der Waals surface area (Å²) >= 11 is 1.42. The quantitative estimate of drug-likeness (QED) is 0.706. The second-order valence-corrected chi connectivity index (χ2v) is 8.61. The molecule has 1 heterocycles. The molecule has 3 rings (SSSR count). The average Bonchev–Trinajstić information content (AvgIpc) is 3.38. The zero-order valence-electron chi connectivity index (χ0n) is 17.1. The minimum absolute atomic E-state index is 0.105. The Kier molecular flexibility index (Phi) is 6.39. The largest absolute Gasteiger partial charge is 0.377 e. The molecule has 1 fully saturated rings. The summed E-state index contributed by atoms with van der Waals surface area (Å²) in [5.41, 5.74) is 2.86. The van der Waals surface area contributed by atoms with Gasteiger partial charge in [0.2, 0.25) is 5.91 Å². The lowest BCUT2D eigenvalue weighted by molar-refractivity contribution is -0.135. The molecule has 1 aliphatic carbocycles. The van der Waals surface area contributed by atoms with Gasteiger partial charge >= 0.3 is 0 Å². The number of amides is 2. The van der Waals surface area contributed by atoms with Crippen molar-refractivity contribution in [2.75, 3.05) is 24.3 Å². The molecule has 0 saturated heterocycles. The first-order valence-electron chi connectivity index (χ1n) is 9.86. The van der Waals surface area contributed by atoms with E-state index in [9.17, 15) is 9.59 Å². The minimum atomic E-state index is -0.105. The summed E-state index contributed by atoms with van der Waals surface area (Å²) in [7, 11) is 4.00. The lowest BCUT2D eigenvalue weighted by Gasteiger charge is -2.31. The van der Waals surface area contributed by atoms with Gasteiger partial charge in [-0.25, -0.2) is 0 Å². The second-order valence-electron chi connectivity index (χ2n) is 7.67. The van der Waals surface area contributed by atoms with E-state index in [1.807, 2.05) is 54.7 Å². The van der Waals surface area contributed by atoms with Gasteiger partial charge in [-0.2, -0.15) is 0 Å². The molecule has 1 aliphatic rings. The van der Waals surface area contributed by atoms with Gasteiger partial charge in [-0.3, -0.25) is 9.59 Å². The molecular formula is C22H29N3O2S. The fourth-order valence-corrected chi connectivity index (χ4v) is 3.87. The maximum absolute atomic E-state index is 12.9. The number of hydrogen-bond donors (Lipinski definition) is 1. The summed E-state index contributed by atoms with van der Waals surface area (Å²) in [5, 5.41) is 4.87. The molecule has 1 atom stereocenters. The van der Waals surface area contributed by atoms with Crippen LogP contribution >= 0.6 is 11.3 Å². The number of carbonyl (C=O) groups is 2. The standard InChI is InChI=1S/C22H29N3O2S/c1-5-15(2)25(22(27)16-8-9-16)14-17-13-18(10-11-19(17)24(3)4)23-21(26)20-7-6-12-28-20/h6-7,10-13,15-16H,5,8-9,14H2,1-4H3,(H,23,26). The maximum atomic E-state index is 12.9. The maximum Gasteiger partial charge on any atom is 0.265 e. The molecule has 1 saturated carbocycles. The van der Waals surface area contributed by atoms with E-state index in [4.69, 9.17) is 0 Å². The molecule has 5 nitrogen and oxygen atoms in total. The number of thiophene rings is 1. The van der Waals surface area contributed by atoms with Crippen LogP contribution in [0.4, 0.5) is 11.4 Å². The third-order valence-electron chi connectivity index (χ3n) is 5.24. The summed E-state index contributed by atoms with van der Waals surface area (Å²) in [5.74, 6) is 0.344. The van der Waals surface area contributed by atoms with Crippen LogP contribution in [0.15, 0.2) is 35.7 Å². The fourth-order valence-electron chi connectivity index (χ4n) is 3.25. The first-order chi connectivity index (χ1) is 13.4. The monoisotopic (exact) mass is 399 g/mol. The van der Waals surface area contributed by atoms with Gasteiger partial charge in [0, 0.05) is 44.0 Å². The van der Waals surface area contributed by atoms with Crippen LogP contribution in [0.25, 0.3) is 0 Å². The highest BCUT2D eigenvalue weighted by atomic mass is 32.1. The van der Waals surface area contributed by atoms with E-state index < -0.39 is 0 Å². The predicted molar refractivity (Wildman–Crippen MR) is 116 cm³/mol. The molecule has 0 spiro atoms. The van der Waals surface area contributed by atoms with Crippen molar-refractivity contribution < 1.29 is 9.59 Å². The topological polar surface area (TPSA) is 52.7 Å². The van der Waals surface area contributed by atoms with Crippen molar-refractivity contribution in [2.45, 2.75) is 45.7 Å². The Bertz CT molecular complexity index is 828. The van der Waals surface area contributed by atoms with Crippen LogP contribution in [0, 0.1) is 5.92 Å². The van der Waals surface area contributed by atoms with Crippen LogP contribution < -0.4 is 10.2 Å². The zero-order chi connectivity index (χ0) is 20.3. The number of anilines is 2. The van der Waals surface area contributed by atoms with Crippen molar-refractivity contribution >= 4 is 34.5 Å². The van der Waals surface area contributed by atoms with Gasteiger partial charge in [0.25, 0.3) is 5.91 Å². The fraction of sp³-hybridized carbons (Fsp3) is 0.455. The van der Waals surface area contributed by atoms with E-state index in [1.54, 1.807) is 0 Å². The Morgan fingerprint density at radius 3 is 2.57 bits per heavy atom. The van der Waals surface area contributed by atoms with Gasteiger partial charge in [0.1, 0.15) is 0 Å². The number of hydrogen-bond acceptors (Lipinski definition) is 4. The molecule has 150 valence electrons. The van der Waals surface area contributed by atoms with Crippen LogP contribution in [0.1, 0.15) is 48.3 Å². The summed E-state index contributed by atoms with van der Waals surface area (Å²) < 4.78 is 0. The number of rotatable bonds is 8. The highest BCUT2D eigenvalue weighted by Gasteiger charge is 2.35. The van der Waals surface area contributed by atoms with E-state index in [-0.39, 0.29) is 23.8 Å². The number of nitrogens with zero attached hydrogens (tertiary/aromatic N) is 2. The molecule has 2 aromatic rings. The van der Waals surface area contributed by atoms with E-state index in [1.165, 1.54) is 11.3 Å². The van der Waals surface area contributed by atoms with Crippen molar-refractivity contribution in [3.63, 3.8) is 0 Å². The van der Waals surface area contributed by atoms with Gasteiger partial charge in [0.15, 0.2) is 0 Å². The minimum Gasteiger partial charge on any atom is -0.377 e. The van der Waals surface area contributed by atoms with E-state index in [0.29, 0.717) is 11.4 Å². The van der Waals surface area contributed by atoms with Crippen molar-refractivity contribution in [3.05, 3.63) is 46.2 Å². The lowest BCUT2D eigenvalue weighted by Crippen LogP contribution is -2.39. The lowest BCUT2D eigenvalue weighted by atomic mass is 10.1. The summed E-state index contributed by atoms with van der Waals surface area (Å²) in [6.45, 7) is 4.78. The van der Waals surface area contributed by atoms with Crippen LogP contribution in [0.2, 0.25) is 0 Å². The van der Waals surface area contributed by atoms with E-state index in [2.05, 4.69) is 24.1 Å². The molecule has 0 radical (unpaired) electrons. The summed E-state index contributed by atoms with van der Waals surface area (Å²) in [6.07, 6.45) is 2.93. The molecule has 1 unspecified atom stereocenters. The van der Waals surface area contributed by atoms with Crippen LogP contribution in [-0.2, 0) is 11.3 Å². The first kappa shape index (κ1) is 20.4. The third-order valence-corrected chi connectivity index (χ3v) is 6.11. The number of carbonyl (C=O) groups excluding carboxylic acids is 2. The van der Waals surface area contributed by atoms with Gasteiger partial charge in [-0.05, 0) is 61.4 Å². The Labute approximate surface area is 171 Å². The van der Waals surface area contributed by atoms with Crippen molar-refractivity contribution in [1.82, 2.24) is 4.90 Å². The van der Waals surface area contributed by atoms with Crippen molar-refractivity contribution in [2.24, 2.45) is 5.92 Å².